The highest BCUT2D eigenvalue weighted by molar-refractivity contribution is 5.95. The summed E-state index contributed by atoms with van der Waals surface area (Å²) in [5, 5.41) is 0.856. The van der Waals surface area contributed by atoms with Crippen molar-refractivity contribution in [2.45, 2.75) is 0 Å². The maximum atomic E-state index is 13.4. The first-order chi connectivity index (χ1) is 8.65. The number of nitrogens with two attached hydrogens (primary N) is 1. The van der Waals surface area contributed by atoms with E-state index >= 15 is 0 Å². The molecule has 0 radical (unpaired) electrons. The molecule has 0 unspecified atom stereocenters. The van der Waals surface area contributed by atoms with Crippen molar-refractivity contribution in [1.82, 2.24) is 9.55 Å². The van der Waals surface area contributed by atoms with Gasteiger partial charge in [0, 0.05) is 29.7 Å². The number of rotatable bonds is 1. The molecule has 0 saturated carbocycles. The van der Waals surface area contributed by atoms with Gasteiger partial charge in [-0.05, 0) is 30.3 Å². The molecule has 1 aromatic carbocycles. The van der Waals surface area contributed by atoms with Crippen LogP contribution in [0.5, 0.6) is 0 Å². The minimum Gasteiger partial charge on any atom is -0.397 e. The number of nitrogen functional groups attached to an aromatic ring is 1. The number of nitrogens with zero attached hydrogens (tertiary/aromatic N) is 2. The smallest absolute Gasteiger partial charge is 0.123 e. The zero-order valence-corrected chi connectivity index (χ0v) is 9.89. The summed E-state index contributed by atoms with van der Waals surface area (Å²) in [6.45, 7) is 0. The van der Waals surface area contributed by atoms with Gasteiger partial charge in [-0.1, -0.05) is 0 Å². The second-order valence-corrected chi connectivity index (χ2v) is 4.29. The van der Waals surface area contributed by atoms with Crippen LogP contribution >= 0.6 is 0 Å². The van der Waals surface area contributed by atoms with Gasteiger partial charge >= 0.3 is 0 Å². The number of hydrogen-bond acceptors (Lipinski definition) is 2. The van der Waals surface area contributed by atoms with Crippen LogP contribution in [0.4, 0.5) is 10.1 Å². The quantitative estimate of drug-likeness (QED) is 0.711. The van der Waals surface area contributed by atoms with Crippen LogP contribution < -0.4 is 5.73 Å². The number of aryl methyl sites for hydroxylation is 1. The highest BCUT2D eigenvalue weighted by Crippen LogP contribution is 2.29. The summed E-state index contributed by atoms with van der Waals surface area (Å²) in [4.78, 5) is 4.28. The molecular formula is C14H12FN3. The Labute approximate surface area is 104 Å². The Hall–Kier alpha value is -2.36. The van der Waals surface area contributed by atoms with E-state index in [4.69, 9.17) is 5.73 Å². The van der Waals surface area contributed by atoms with E-state index in [9.17, 15) is 4.39 Å². The van der Waals surface area contributed by atoms with Gasteiger partial charge < -0.3 is 10.3 Å². The molecular weight excluding hydrogens is 229 g/mol. The van der Waals surface area contributed by atoms with Gasteiger partial charge in [-0.2, -0.15) is 0 Å². The first-order valence-electron chi connectivity index (χ1n) is 5.61. The number of pyridine rings is 1. The van der Waals surface area contributed by atoms with E-state index in [0.717, 1.165) is 22.2 Å². The van der Waals surface area contributed by atoms with Gasteiger partial charge in [-0.3, -0.25) is 4.98 Å². The third-order valence-corrected chi connectivity index (χ3v) is 3.01. The van der Waals surface area contributed by atoms with Gasteiger partial charge in [-0.25, -0.2) is 4.39 Å². The van der Waals surface area contributed by atoms with Crippen LogP contribution in [0.25, 0.3) is 22.2 Å². The molecule has 0 aliphatic rings. The van der Waals surface area contributed by atoms with Crippen molar-refractivity contribution in [3.05, 3.63) is 48.5 Å². The average Bonchev–Trinajstić information content (AvgIpc) is 2.67. The summed E-state index contributed by atoms with van der Waals surface area (Å²) in [6.07, 6.45) is 3.55. The molecule has 3 nitrogen and oxygen atoms in total. The highest BCUT2D eigenvalue weighted by Gasteiger charge is 2.10. The van der Waals surface area contributed by atoms with E-state index < -0.39 is 0 Å². The SMILES string of the molecule is Cn1cc(-c2ccc(N)cn2)c2cc(F)ccc21. The fourth-order valence-corrected chi connectivity index (χ4v) is 2.13. The molecule has 0 bridgehead atoms. The van der Waals surface area contributed by atoms with E-state index in [1.807, 2.05) is 23.9 Å². The molecule has 3 aromatic rings. The molecule has 0 aliphatic carbocycles. The lowest BCUT2D eigenvalue weighted by Crippen LogP contribution is -1.87. The van der Waals surface area contributed by atoms with Gasteiger partial charge in [0.05, 0.1) is 17.6 Å². The van der Waals surface area contributed by atoms with Gasteiger partial charge in [0.15, 0.2) is 0 Å². The molecule has 2 heterocycles. The Morgan fingerprint density at radius 2 is 2.06 bits per heavy atom. The Morgan fingerprint density at radius 3 is 2.78 bits per heavy atom. The van der Waals surface area contributed by atoms with Crippen LogP contribution in [0.3, 0.4) is 0 Å². The fraction of sp³-hybridized carbons (Fsp3) is 0.0714. The van der Waals surface area contributed by atoms with Crippen molar-refractivity contribution in [2.24, 2.45) is 7.05 Å². The summed E-state index contributed by atoms with van der Waals surface area (Å²) in [5.41, 5.74) is 8.91. The van der Waals surface area contributed by atoms with Crippen molar-refractivity contribution in [3.8, 4) is 11.3 Å². The summed E-state index contributed by atoms with van der Waals surface area (Å²) in [5.74, 6) is -0.245. The number of hydrogen-bond donors (Lipinski definition) is 1. The summed E-state index contributed by atoms with van der Waals surface area (Å²) >= 11 is 0. The van der Waals surface area contributed by atoms with E-state index in [1.165, 1.54) is 12.1 Å². The molecule has 0 aliphatic heterocycles. The molecule has 4 heteroatoms. The Bertz CT molecular complexity index is 714. The van der Waals surface area contributed by atoms with Crippen molar-refractivity contribution in [2.75, 3.05) is 5.73 Å². The first kappa shape index (κ1) is 10.8. The second kappa shape index (κ2) is 3.84. The van der Waals surface area contributed by atoms with Crippen molar-refractivity contribution in [3.63, 3.8) is 0 Å². The van der Waals surface area contributed by atoms with E-state index in [1.54, 1.807) is 18.3 Å². The largest absolute Gasteiger partial charge is 0.397 e. The van der Waals surface area contributed by atoms with Gasteiger partial charge in [-0.15, -0.1) is 0 Å². The molecule has 0 fully saturated rings. The van der Waals surface area contributed by atoms with Crippen LogP contribution in [-0.4, -0.2) is 9.55 Å². The lowest BCUT2D eigenvalue weighted by molar-refractivity contribution is 0.629. The van der Waals surface area contributed by atoms with Crippen LogP contribution in [0.1, 0.15) is 0 Å². The lowest BCUT2D eigenvalue weighted by atomic mass is 10.1. The molecule has 0 saturated heterocycles. The fourth-order valence-electron chi connectivity index (χ4n) is 2.13. The number of anilines is 1. The summed E-state index contributed by atoms with van der Waals surface area (Å²) < 4.78 is 15.3. The second-order valence-electron chi connectivity index (χ2n) is 4.29. The predicted octanol–water partition coefficient (Wildman–Crippen LogP) is 2.96. The molecule has 2 aromatic heterocycles. The van der Waals surface area contributed by atoms with Gasteiger partial charge in [0.25, 0.3) is 0 Å². The number of fused-ring (bicyclic) bond motifs is 1. The van der Waals surface area contributed by atoms with Gasteiger partial charge in [0.1, 0.15) is 5.82 Å². The minimum absolute atomic E-state index is 0.245. The number of halogens is 1. The Kier molecular flexibility index (Phi) is 2.30. The van der Waals surface area contributed by atoms with E-state index in [2.05, 4.69) is 4.98 Å². The van der Waals surface area contributed by atoms with Crippen LogP contribution in [0, 0.1) is 5.82 Å². The Morgan fingerprint density at radius 1 is 1.22 bits per heavy atom. The number of benzene rings is 1. The van der Waals surface area contributed by atoms with Crippen molar-refractivity contribution < 1.29 is 4.39 Å². The van der Waals surface area contributed by atoms with Crippen molar-refractivity contribution in [1.29, 1.82) is 0 Å². The Balaban J connectivity index is 2.28. The maximum Gasteiger partial charge on any atom is 0.123 e. The molecule has 0 amide bonds. The normalized spacial score (nSPS) is 11.0. The highest BCUT2D eigenvalue weighted by atomic mass is 19.1. The minimum atomic E-state index is -0.245. The van der Waals surface area contributed by atoms with E-state index in [-0.39, 0.29) is 5.82 Å². The maximum absolute atomic E-state index is 13.4. The standard InChI is InChI=1S/C14H12FN3/c1-18-8-12(13-4-3-10(16)7-17-13)11-6-9(15)2-5-14(11)18/h2-8H,16H2,1H3. The molecule has 0 spiro atoms. The average molecular weight is 241 g/mol. The molecule has 0 atom stereocenters. The lowest BCUT2D eigenvalue weighted by Gasteiger charge is -1.99. The predicted molar refractivity (Wildman–Crippen MR) is 70.5 cm³/mol. The summed E-state index contributed by atoms with van der Waals surface area (Å²) in [6, 6.07) is 8.40. The molecule has 2 N–H and O–H groups in total. The van der Waals surface area contributed by atoms with Crippen LogP contribution in [0.2, 0.25) is 0 Å². The zero-order valence-electron chi connectivity index (χ0n) is 9.89. The van der Waals surface area contributed by atoms with Crippen LogP contribution in [-0.2, 0) is 7.05 Å². The van der Waals surface area contributed by atoms with E-state index in [0.29, 0.717) is 5.69 Å². The molecule has 18 heavy (non-hydrogen) atoms. The van der Waals surface area contributed by atoms with Crippen molar-refractivity contribution >= 4 is 16.6 Å². The molecule has 3 rings (SSSR count). The van der Waals surface area contributed by atoms with Gasteiger partial charge in [0.2, 0.25) is 0 Å². The molecule has 90 valence electrons. The summed E-state index contributed by atoms with van der Waals surface area (Å²) in [7, 11) is 1.93. The third-order valence-electron chi connectivity index (χ3n) is 3.01. The third kappa shape index (κ3) is 1.62. The zero-order chi connectivity index (χ0) is 12.7. The topological polar surface area (TPSA) is 43.8 Å². The van der Waals surface area contributed by atoms with Crippen LogP contribution in [0.15, 0.2) is 42.7 Å². The monoisotopic (exact) mass is 241 g/mol. The first-order valence-corrected chi connectivity index (χ1v) is 5.61. The number of aromatic nitrogens is 2.